The number of benzene rings is 3. The van der Waals surface area contributed by atoms with E-state index in [4.69, 9.17) is 17.2 Å². The van der Waals surface area contributed by atoms with Gasteiger partial charge in [-0.15, -0.1) is 0 Å². The van der Waals surface area contributed by atoms with Gasteiger partial charge in [0.05, 0.1) is 6.04 Å². The van der Waals surface area contributed by atoms with E-state index in [1.807, 2.05) is 60.7 Å². The summed E-state index contributed by atoms with van der Waals surface area (Å²) in [4.78, 5) is 60.0. The number of rotatable bonds is 17. The predicted octanol–water partition coefficient (Wildman–Crippen LogP) is 1.12. The molecule has 3 aromatic carbocycles. The minimum Gasteiger partial charge on any atom is -0.480 e. The van der Waals surface area contributed by atoms with E-state index >= 15 is 0 Å². The molecule has 4 rings (SSSR count). The van der Waals surface area contributed by atoms with Gasteiger partial charge in [0, 0.05) is 36.5 Å². The van der Waals surface area contributed by atoms with E-state index in [0.29, 0.717) is 6.42 Å². The number of nitrogens with one attached hydrogen (secondary N) is 4. The summed E-state index contributed by atoms with van der Waals surface area (Å²) in [6.07, 6.45) is 2.53. The van der Waals surface area contributed by atoms with Crippen molar-refractivity contribution >= 4 is 40.6 Å². The first kappa shape index (κ1) is 35.2. The minimum atomic E-state index is -1.28. The van der Waals surface area contributed by atoms with Crippen LogP contribution in [0.2, 0.25) is 0 Å². The number of carbonyl (C=O) groups excluding carboxylic acids is 3. The Labute approximate surface area is 278 Å². The SMILES string of the molecule is NC(N)=NCCCC(NC(=O)C(N)Cc1ccccc1)C(=O)NC(Cc1ccccc1)C(=O)NC(Cc1c[nH]c2ccccc12)C(=O)O. The molecule has 48 heavy (non-hydrogen) atoms. The molecule has 1 heterocycles. The third-order valence-electron chi connectivity index (χ3n) is 7.84. The van der Waals surface area contributed by atoms with E-state index < -0.39 is 47.9 Å². The van der Waals surface area contributed by atoms with Gasteiger partial charge in [0.1, 0.15) is 18.1 Å². The average Bonchev–Trinajstić information content (AvgIpc) is 3.48. The van der Waals surface area contributed by atoms with Gasteiger partial charge < -0.3 is 43.2 Å². The van der Waals surface area contributed by atoms with Gasteiger partial charge in [-0.25, -0.2) is 4.79 Å². The van der Waals surface area contributed by atoms with Gasteiger partial charge in [0.2, 0.25) is 17.7 Å². The van der Waals surface area contributed by atoms with Crippen LogP contribution in [0.4, 0.5) is 0 Å². The van der Waals surface area contributed by atoms with Crippen LogP contribution in [-0.2, 0) is 38.4 Å². The maximum absolute atomic E-state index is 13.8. The van der Waals surface area contributed by atoms with E-state index in [-0.39, 0.29) is 38.2 Å². The normalized spacial score (nSPS) is 13.4. The van der Waals surface area contributed by atoms with Crippen LogP contribution in [0.3, 0.4) is 0 Å². The van der Waals surface area contributed by atoms with E-state index in [1.54, 1.807) is 30.5 Å². The molecule has 0 aliphatic carbocycles. The number of para-hydroxylation sites is 1. The largest absolute Gasteiger partial charge is 0.480 e. The first-order valence-corrected chi connectivity index (χ1v) is 15.7. The molecule has 11 N–H and O–H groups in total. The lowest BCUT2D eigenvalue weighted by Crippen LogP contribution is -2.58. The number of hydrogen-bond acceptors (Lipinski definition) is 6. The Hall–Kier alpha value is -5.69. The highest BCUT2D eigenvalue weighted by molar-refractivity contribution is 5.94. The van der Waals surface area contributed by atoms with Crippen LogP contribution < -0.4 is 33.2 Å². The van der Waals surface area contributed by atoms with Crippen LogP contribution in [0, 0.1) is 0 Å². The van der Waals surface area contributed by atoms with Crippen molar-refractivity contribution < 1.29 is 24.3 Å². The Morgan fingerprint density at radius 3 is 1.92 bits per heavy atom. The fraction of sp³-hybridized carbons (Fsp3) is 0.286. The number of nitrogens with zero attached hydrogens (tertiary/aromatic N) is 1. The molecular weight excluding hydrogens is 612 g/mol. The van der Waals surface area contributed by atoms with Crippen LogP contribution in [0.25, 0.3) is 10.9 Å². The topological polar surface area (TPSA) is 231 Å². The third-order valence-corrected chi connectivity index (χ3v) is 7.84. The number of guanidine groups is 1. The van der Waals surface area contributed by atoms with Crippen molar-refractivity contribution in [2.75, 3.05) is 6.54 Å². The number of aliphatic carboxylic acids is 1. The molecule has 0 fully saturated rings. The van der Waals surface area contributed by atoms with Gasteiger partial charge >= 0.3 is 5.97 Å². The van der Waals surface area contributed by atoms with Crippen molar-refractivity contribution in [2.45, 2.75) is 56.3 Å². The number of carboxylic acid groups (broad SMARTS) is 1. The summed E-state index contributed by atoms with van der Waals surface area (Å²) in [6, 6.07) is 21.2. The smallest absolute Gasteiger partial charge is 0.326 e. The van der Waals surface area contributed by atoms with Crippen LogP contribution in [0.5, 0.6) is 0 Å². The number of hydrogen-bond donors (Lipinski definition) is 8. The number of carboxylic acids is 1. The van der Waals surface area contributed by atoms with Gasteiger partial charge in [-0.05, 0) is 42.0 Å². The molecule has 0 radical (unpaired) electrons. The van der Waals surface area contributed by atoms with Crippen molar-refractivity contribution in [2.24, 2.45) is 22.2 Å². The fourth-order valence-electron chi connectivity index (χ4n) is 5.34. The van der Waals surface area contributed by atoms with E-state index in [1.165, 1.54) is 0 Å². The van der Waals surface area contributed by atoms with Crippen LogP contribution >= 0.6 is 0 Å². The number of fused-ring (bicyclic) bond motifs is 1. The summed E-state index contributed by atoms with van der Waals surface area (Å²) in [5.41, 5.74) is 20.2. The zero-order valence-corrected chi connectivity index (χ0v) is 26.5. The number of aromatic nitrogens is 1. The minimum absolute atomic E-state index is 0.0138. The summed E-state index contributed by atoms with van der Waals surface area (Å²) in [7, 11) is 0. The quantitative estimate of drug-likeness (QED) is 0.0466. The Morgan fingerprint density at radius 1 is 0.708 bits per heavy atom. The second kappa shape index (κ2) is 17.3. The molecule has 252 valence electrons. The van der Waals surface area contributed by atoms with Gasteiger partial charge in [-0.3, -0.25) is 19.4 Å². The molecule has 1 aromatic heterocycles. The number of amides is 3. The molecule has 0 spiro atoms. The first-order valence-electron chi connectivity index (χ1n) is 15.7. The maximum Gasteiger partial charge on any atom is 0.326 e. The molecule has 13 nitrogen and oxygen atoms in total. The summed E-state index contributed by atoms with van der Waals surface area (Å²) >= 11 is 0. The average molecular weight is 655 g/mol. The van der Waals surface area contributed by atoms with E-state index in [0.717, 1.165) is 27.6 Å². The highest BCUT2D eigenvalue weighted by Crippen LogP contribution is 2.19. The molecule has 3 amide bonds. The van der Waals surface area contributed by atoms with Crippen molar-refractivity contribution in [1.82, 2.24) is 20.9 Å². The second-order valence-corrected chi connectivity index (χ2v) is 11.5. The Kier molecular flexibility index (Phi) is 12.7. The van der Waals surface area contributed by atoms with E-state index in [2.05, 4.69) is 25.9 Å². The zero-order chi connectivity index (χ0) is 34.5. The zero-order valence-electron chi connectivity index (χ0n) is 26.5. The van der Waals surface area contributed by atoms with Crippen molar-refractivity contribution in [3.05, 3.63) is 108 Å². The fourth-order valence-corrected chi connectivity index (χ4v) is 5.34. The molecule has 4 atom stereocenters. The Morgan fingerprint density at radius 2 is 1.27 bits per heavy atom. The highest BCUT2D eigenvalue weighted by Gasteiger charge is 2.31. The second-order valence-electron chi connectivity index (χ2n) is 11.5. The molecule has 4 unspecified atom stereocenters. The standard InChI is InChI=1S/C35H42N8O5/c36-26(18-22-10-3-1-4-11-22)31(44)41-28(16-9-17-39-35(37)38)32(45)42-29(19-23-12-5-2-6-13-23)33(46)43-30(34(47)48)20-24-21-40-27-15-8-7-14-25(24)27/h1-8,10-15,21,26,28-30,40H,9,16-20,36H2,(H,41,44)(H,42,45)(H,43,46)(H,47,48)(H4,37,38,39). The number of carbonyl (C=O) groups is 4. The summed E-state index contributed by atoms with van der Waals surface area (Å²) in [5, 5.41) is 19.0. The van der Waals surface area contributed by atoms with E-state index in [9.17, 15) is 24.3 Å². The highest BCUT2D eigenvalue weighted by atomic mass is 16.4. The molecule has 0 aliphatic rings. The predicted molar refractivity (Wildman–Crippen MR) is 184 cm³/mol. The molecule has 0 saturated heterocycles. The number of nitrogens with two attached hydrogens (primary N) is 3. The Bertz CT molecular complexity index is 1710. The van der Waals surface area contributed by atoms with Crippen LogP contribution in [0.1, 0.15) is 29.5 Å². The number of H-pyrrole nitrogens is 1. The maximum atomic E-state index is 13.8. The lowest BCUT2D eigenvalue weighted by atomic mass is 10.0. The van der Waals surface area contributed by atoms with Gasteiger partial charge in [-0.2, -0.15) is 0 Å². The molecule has 13 heteroatoms. The lowest BCUT2D eigenvalue weighted by molar-refractivity contribution is -0.142. The summed E-state index contributed by atoms with van der Waals surface area (Å²) in [6.45, 7) is 0.208. The van der Waals surface area contributed by atoms with Crippen LogP contribution in [0.15, 0.2) is 96.1 Å². The van der Waals surface area contributed by atoms with Gasteiger partial charge in [0.25, 0.3) is 0 Å². The summed E-state index contributed by atoms with van der Waals surface area (Å²) < 4.78 is 0. The first-order chi connectivity index (χ1) is 23.1. The van der Waals surface area contributed by atoms with Crippen LogP contribution in [-0.4, -0.2) is 70.5 Å². The molecular formula is C35H42N8O5. The molecule has 0 bridgehead atoms. The molecule has 4 aromatic rings. The Balaban J connectivity index is 1.52. The summed E-state index contributed by atoms with van der Waals surface area (Å²) in [5.74, 6) is -3.21. The molecule has 0 aliphatic heterocycles. The lowest BCUT2D eigenvalue weighted by Gasteiger charge is -2.25. The van der Waals surface area contributed by atoms with Gasteiger partial charge in [-0.1, -0.05) is 78.9 Å². The van der Waals surface area contributed by atoms with Crippen molar-refractivity contribution in [1.29, 1.82) is 0 Å². The van der Waals surface area contributed by atoms with Gasteiger partial charge in [0.15, 0.2) is 5.96 Å². The number of aliphatic imine (C=N–C) groups is 1. The molecule has 0 saturated carbocycles. The number of aromatic amines is 1. The van der Waals surface area contributed by atoms with Crippen molar-refractivity contribution in [3.8, 4) is 0 Å². The third kappa shape index (κ3) is 10.4. The monoisotopic (exact) mass is 654 g/mol. The van der Waals surface area contributed by atoms with Crippen molar-refractivity contribution in [3.63, 3.8) is 0 Å².